The zero-order valence-corrected chi connectivity index (χ0v) is 19.9. The van der Waals surface area contributed by atoms with Gasteiger partial charge in [-0.1, -0.05) is 12.1 Å². The van der Waals surface area contributed by atoms with Crippen LogP contribution in [0.25, 0.3) is 11.3 Å². The third kappa shape index (κ3) is 5.22. The van der Waals surface area contributed by atoms with Crippen molar-refractivity contribution in [3.05, 3.63) is 83.8 Å². The zero-order chi connectivity index (χ0) is 24.9. The van der Waals surface area contributed by atoms with Crippen LogP contribution in [0.15, 0.2) is 65.8 Å². The fourth-order valence-electron chi connectivity index (χ4n) is 3.37. The minimum atomic E-state index is -0.680. The maximum absolute atomic E-state index is 14.9. The first kappa shape index (κ1) is 24.1. The van der Waals surface area contributed by atoms with Crippen LogP contribution >= 0.6 is 11.8 Å². The highest BCUT2D eigenvalue weighted by Crippen LogP contribution is 2.31. The van der Waals surface area contributed by atoms with Gasteiger partial charge in [-0.3, -0.25) is 4.79 Å². The molecule has 7 nitrogen and oxygen atoms in total. The quantitative estimate of drug-likeness (QED) is 0.247. The number of carbonyl (C=O) groups is 1. The molecule has 0 aliphatic rings. The average Bonchev–Trinajstić information content (AvgIpc) is 2.86. The van der Waals surface area contributed by atoms with Gasteiger partial charge in [0.2, 0.25) is 11.9 Å². The number of hydrogen-bond donors (Lipinski definition) is 2. The first-order valence-electron chi connectivity index (χ1n) is 10.4. The number of amides is 1. The summed E-state index contributed by atoms with van der Waals surface area (Å²) >= 11 is 1.35. The standard InChI is InChI=1S/C25H21F2N5O2S/c1-14-6-4-8-19(34-2)21(14)31-24(33)15-9-10-18(17(26)12-15)30-25-29-13-20(35-3)22(32-25)16-7-5-11-28-23(16)27/h4-13H,1-3H3,(H,31,33)(H,29,30,32). The molecular weight excluding hydrogens is 472 g/mol. The van der Waals surface area contributed by atoms with Crippen LogP contribution in [0.5, 0.6) is 5.75 Å². The molecular formula is C25H21F2N5O2S. The summed E-state index contributed by atoms with van der Waals surface area (Å²) in [4.78, 5) is 25.6. The number of nitrogens with zero attached hydrogens (tertiary/aromatic N) is 3. The molecule has 0 bridgehead atoms. The predicted octanol–water partition coefficient (Wildman–Crippen LogP) is 5.85. The van der Waals surface area contributed by atoms with Gasteiger partial charge in [-0.2, -0.15) is 4.39 Å². The maximum atomic E-state index is 14.9. The number of methoxy groups -OCH3 is 1. The molecule has 2 N–H and O–H groups in total. The molecule has 0 fully saturated rings. The molecule has 0 saturated heterocycles. The lowest BCUT2D eigenvalue weighted by atomic mass is 10.1. The SMILES string of the molecule is COc1cccc(C)c1NC(=O)c1ccc(Nc2ncc(SC)c(-c3cccnc3F)n2)c(F)c1. The van der Waals surface area contributed by atoms with Crippen molar-refractivity contribution in [2.75, 3.05) is 24.0 Å². The summed E-state index contributed by atoms with van der Waals surface area (Å²) in [5, 5.41) is 5.56. The Morgan fingerprint density at radius 3 is 2.63 bits per heavy atom. The molecule has 0 saturated carbocycles. The summed E-state index contributed by atoms with van der Waals surface area (Å²) in [5.74, 6) is -1.26. The molecule has 10 heteroatoms. The van der Waals surface area contributed by atoms with E-state index in [2.05, 4.69) is 25.6 Å². The number of aromatic nitrogens is 3. The van der Waals surface area contributed by atoms with E-state index in [9.17, 15) is 13.6 Å². The molecule has 0 spiro atoms. The van der Waals surface area contributed by atoms with Crippen LogP contribution in [-0.4, -0.2) is 34.2 Å². The van der Waals surface area contributed by atoms with E-state index in [1.54, 1.807) is 18.2 Å². The fourth-order valence-corrected chi connectivity index (χ4v) is 3.88. The van der Waals surface area contributed by atoms with Crippen molar-refractivity contribution < 1.29 is 18.3 Å². The van der Waals surface area contributed by atoms with E-state index in [0.29, 0.717) is 22.0 Å². The highest BCUT2D eigenvalue weighted by Gasteiger charge is 2.17. The molecule has 0 radical (unpaired) electrons. The van der Waals surface area contributed by atoms with E-state index in [1.807, 2.05) is 25.3 Å². The van der Waals surface area contributed by atoms with Crippen molar-refractivity contribution in [3.63, 3.8) is 0 Å². The van der Waals surface area contributed by atoms with Gasteiger partial charge in [0.15, 0.2) is 0 Å². The number of hydrogen-bond acceptors (Lipinski definition) is 7. The number of aryl methyl sites for hydroxylation is 1. The van der Waals surface area contributed by atoms with Crippen LogP contribution in [0.1, 0.15) is 15.9 Å². The number of thioether (sulfide) groups is 1. The predicted molar refractivity (Wildman–Crippen MR) is 132 cm³/mol. The van der Waals surface area contributed by atoms with Crippen LogP contribution in [0.4, 0.5) is 26.1 Å². The van der Waals surface area contributed by atoms with Crippen LogP contribution < -0.4 is 15.4 Å². The highest BCUT2D eigenvalue weighted by atomic mass is 32.2. The summed E-state index contributed by atoms with van der Waals surface area (Å²) in [6.45, 7) is 1.83. The van der Waals surface area contributed by atoms with Gasteiger partial charge >= 0.3 is 0 Å². The number of benzene rings is 2. The van der Waals surface area contributed by atoms with Crippen molar-refractivity contribution in [3.8, 4) is 17.0 Å². The molecule has 0 unspecified atom stereocenters. The molecule has 0 aliphatic heterocycles. The molecule has 35 heavy (non-hydrogen) atoms. The fraction of sp³-hybridized carbons (Fsp3) is 0.120. The van der Waals surface area contributed by atoms with Gasteiger partial charge in [-0.25, -0.2) is 19.3 Å². The zero-order valence-electron chi connectivity index (χ0n) is 19.1. The number of carbonyl (C=O) groups excluding carboxylic acids is 1. The minimum absolute atomic E-state index is 0.0598. The van der Waals surface area contributed by atoms with Gasteiger partial charge in [-0.15, -0.1) is 11.8 Å². The lowest BCUT2D eigenvalue weighted by Crippen LogP contribution is -2.14. The van der Waals surface area contributed by atoms with E-state index in [4.69, 9.17) is 4.74 Å². The maximum Gasteiger partial charge on any atom is 0.255 e. The van der Waals surface area contributed by atoms with Gasteiger partial charge in [0.1, 0.15) is 11.6 Å². The average molecular weight is 494 g/mol. The number of para-hydroxylation sites is 1. The molecule has 178 valence electrons. The number of rotatable bonds is 7. The van der Waals surface area contributed by atoms with Crippen molar-refractivity contribution in [1.29, 1.82) is 0 Å². The van der Waals surface area contributed by atoms with E-state index in [-0.39, 0.29) is 22.8 Å². The van der Waals surface area contributed by atoms with E-state index >= 15 is 0 Å². The van der Waals surface area contributed by atoms with Gasteiger partial charge < -0.3 is 15.4 Å². The molecule has 4 aromatic rings. The summed E-state index contributed by atoms with van der Waals surface area (Å²) in [6.07, 6.45) is 4.69. The van der Waals surface area contributed by atoms with Gasteiger partial charge in [0, 0.05) is 18.0 Å². The van der Waals surface area contributed by atoms with Crippen LogP contribution in [-0.2, 0) is 0 Å². The van der Waals surface area contributed by atoms with Crippen molar-refractivity contribution in [2.45, 2.75) is 11.8 Å². The van der Waals surface area contributed by atoms with Crippen molar-refractivity contribution in [2.24, 2.45) is 0 Å². The van der Waals surface area contributed by atoms with Gasteiger partial charge in [-0.05, 0) is 55.1 Å². The number of pyridine rings is 1. The second-order valence-electron chi connectivity index (χ2n) is 7.38. The molecule has 2 aromatic carbocycles. The summed E-state index contributed by atoms with van der Waals surface area (Å²) in [7, 11) is 1.51. The highest BCUT2D eigenvalue weighted by molar-refractivity contribution is 7.98. The monoisotopic (exact) mass is 493 g/mol. The number of anilines is 3. The van der Waals surface area contributed by atoms with Crippen LogP contribution in [0.3, 0.4) is 0 Å². The number of nitrogens with one attached hydrogen (secondary N) is 2. The normalized spacial score (nSPS) is 10.7. The van der Waals surface area contributed by atoms with Crippen LogP contribution in [0.2, 0.25) is 0 Å². The molecule has 0 atom stereocenters. The summed E-state index contributed by atoms with van der Waals surface area (Å²) in [5.41, 5.74) is 2.05. The molecule has 1 amide bonds. The Bertz CT molecular complexity index is 1400. The summed E-state index contributed by atoms with van der Waals surface area (Å²) < 4.78 is 34.4. The van der Waals surface area contributed by atoms with E-state index < -0.39 is 17.7 Å². The van der Waals surface area contributed by atoms with Gasteiger partial charge in [0.05, 0.1) is 34.6 Å². The Labute approximate surface area is 205 Å². The Kier molecular flexibility index (Phi) is 7.21. The third-order valence-electron chi connectivity index (χ3n) is 5.16. The van der Waals surface area contributed by atoms with E-state index in [0.717, 1.165) is 11.6 Å². The number of halogens is 2. The largest absolute Gasteiger partial charge is 0.495 e. The Hall–Kier alpha value is -4.05. The van der Waals surface area contributed by atoms with Crippen molar-refractivity contribution in [1.82, 2.24) is 15.0 Å². The van der Waals surface area contributed by atoms with Crippen molar-refractivity contribution >= 4 is 35.0 Å². The first-order chi connectivity index (χ1) is 16.9. The topological polar surface area (TPSA) is 89.0 Å². The second-order valence-corrected chi connectivity index (χ2v) is 8.23. The molecule has 2 heterocycles. The van der Waals surface area contributed by atoms with Crippen LogP contribution in [0, 0.1) is 18.7 Å². The molecule has 2 aromatic heterocycles. The minimum Gasteiger partial charge on any atom is -0.495 e. The molecule has 4 rings (SSSR count). The van der Waals surface area contributed by atoms with E-state index in [1.165, 1.54) is 43.4 Å². The number of ether oxygens (including phenoxy) is 1. The Morgan fingerprint density at radius 2 is 1.91 bits per heavy atom. The Balaban J connectivity index is 1.58. The lowest BCUT2D eigenvalue weighted by molar-refractivity contribution is 0.102. The Morgan fingerprint density at radius 1 is 1.09 bits per heavy atom. The second kappa shape index (κ2) is 10.5. The molecule has 0 aliphatic carbocycles. The summed E-state index contributed by atoms with van der Waals surface area (Å²) in [6, 6.07) is 12.5. The lowest BCUT2D eigenvalue weighted by Gasteiger charge is -2.14. The smallest absolute Gasteiger partial charge is 0.255 e. The first-order valence-corrected chi connectivity index (χ1v) is 11.7. The van der Waals surface area contributed by atoms with Gasteiger partial charge in [0.25, 0.3) is 5.91 Å². The third-order valence-corrected chi connectivity index (χ3v) is 5.90.